The van der Waals surface area contributed by atoms with Crippen LogP contribution in [0.15, 0.2) is 44.7 Å². The van der Waals surface area contributed by atoms with Gasteiger partial charge in [0.25, 0.3) is 11.8 Å². The van der Waals surface area contributed by atoms with Gasteiger partial charge in [-0.15, -0.1) is 0 Å². The monoisotopic (exact) mass is 880 g/mol. The van der Waals surface area contributed by atoms with Gasteiger partial charge in [0.1, 0.15) is 11.4 Å². The van der Waals surface area contributed by atoms with Gasteiger partial charge in [0.05, 0.1) is 6.20 Å². The Morgan fingerprint density at radius 2 is 1.31 bits per heavy atom. The maximum Gasteiger partial charge on any atom is 0.490 e. The third-order valence-corrected chi connectivity index (χ3v) is 8.51. The molecule has 1 aliphatic carbocycles. The summed E-state index contributed by atoms with van der Waals surface area (Å²) >= 11 is 6.62. The van der Waals surface area contributed by atoms with Crippen LogP contribution in [-0.4, -0.2) is 107 Å². The maximum atomic E-state index is 12.8. The van der Waals surface area contributed by atoms with Gasteiger partial charge in [-0.1, -0.05) is 0 Å². The molecule has 14 N–H and O–H groups in total. The summed E-state index contributed by atoms with van der Waals surface area (Å²) in [4.78, 5) is 60.1. The van der Waals surface area contributed by atoms with E-state index in [1.54, 1.807) is 30.7 Å². The van der Waals surface area contributed by atoms with Crippen molar-refractivity contribution in [3.05, 3.63) is 56.8 Å². The number of nitrogens with two attached hydrogens (primary N) is 2. The van der Waals surface area contributed by atoms with E-state index >= 15 is 0 Å². The highest BCUT2D eigenvalue weighted by molar-refractivity contribution is 9.10. The smallest absolute Gasteiger partial charge is 0.475 e. The molecular formula is C26H28Br2F6N10O8. The number of carboxylic acid groups (broad SMARTS) is 2. The van der Waals surface area contributed by atoms with E-state index in [2.05, 4.69) is 72.7 Å². The minimum absolute atomic E-state index is 0.115. The maximum absolute atomic E-state index is 12.8. The number of aromatic amines is 3. The van der Waals surface area contributed by atoms with E-state index < -0.39 is 54.0 Å². The Bertz CT molecular complexity index is 1770. The van der Waals surface area contributed by atoms with Gasteiger partial charge in [-0.05, 0) is 55.8 Å². The lowest BCUT2D eigenvalue weighted by molar-refractivity contribution is -0.193. The number of aromatic nitrogens is 4. The van der Waals surface area contributed by atoms with Crippen molar-refractivity contribution >= 4 is 67.5 Å². The summed E-state index contributed by atoms with van der Waals surface area (Å²) in [6.45, 7) is 0.304. The fourth-order valence-corrected chi connectivity index (χ4v) is 6.11. The minimum Gasteiger partial charge on any atom is -0.475 e. The number of aliphatic hydroxyl groups excluding tert-OH is 1. The first-order valence-corrected chi connectivity index (χ1v) is 15.7. The van der Waals surface area contributed by atoms with Crippen LogP contribution in [0, 0.1) is 17.8 Å². The number of amides is 2. The van der Waals surface area contributed by atoms with E-state index in [1.807, 2.05) is 0 Å². The van der Waals surface area contributed by atoms with Gasteiger partial charge in [-0.2, -0.15) is 26.3 Å². The number of alkyl halides is 6. The van der Waals surface area contributed by atoms with Crippen molar-refractivity contribution in [3.8, 4) is 0 Å². The first-order chi connectivity index (χ1) is 23.9. The number of imidazole rings is 1. The fourth-order valence-electron chi connectivity index (χ4n) is 5.42. The van der Waals surface area contributed by atoms with Gasteiger partial charge in [-0.25, -0.2) is 19.6 Å². The number of nitrogens with zero attached hydrogens (tertiary/aromatic N) is 2. The number of carbonyl (C=O) groups excluding carboxylic acids is 2. The minimum atomic E-state index is -5.08. The number of hydrogen-bond acceptors (Lipinski definition) is 11. The van der Waals surface area contributed by atoms with Crippen LogP contribution in [0.25, 0.3) is 0 Å². The third kappa shape index (κ3) is 10.2. The number of H-pyrrole nitrogens is 3. The summed E-state index contributed by atoms with van der Waals surface area (Å²) in [6, 6.07) is 3.29. The Balaban J connectivity index is 0.000000441. The first-order valence-electron chi connectivity index (χ1n) is 14.1. The van der Waals surface area contributed by atoms with E-state index in [9.17, 15) is 46.1 Å². The lowest BCUT2D eigenvalue weighted by Gasteiger charge is -2.57. The average Bonchev–Trinajstić information content (AvgIpc) is 3.80. The van der Waals surface area contributed by atoms with E-state index in [1.165, 1.54) is 0 Å². The van der Waals surface area contributed by atoms with Crippen molar-refractivity contribution in [2.75, 3.05) is 18.8 Å². The SMILES string of the molecule is NC1=NC(O)C(O)([C@H]2[C@H](CNC(=O)c3cc(Br)c[nH]3)[C@@H](CNC(=O)c3cc(Br)c[nH]3)[C@@H]2c2cnc(N)[nH]2)N1.O=C(O)C(F)(F)F.O=C(O)C(F)(F)F. The van der Waals surface area contributed by atoms with Crippen molar-refractivity contribution in [2.24, 2.45) is 28.5 Å². The molecule has 0 aromatic carbocycles. The number of carbonyl (C=O) groups is 4. The Morgan fingerprint density at radius 3 is 1.63 bits per heavy atom. The normalized spacial score (nSPS) is 23.7. The predicted molar refractivity (Wildman–Crippen MR) is 171 cm³/mol. The summed E-state index contributed by atoms with van der Waals surface area (Å²) in [5, 5.41) is 45.0. The van der Waals surface area contributed by atoms with Crippen LogP contribution in [0.5, 0.6) is 0 Å². The van der Waals surface area contributed by atoms with E-state index in [0.717, 1.165) is 8.95 Å². The van der Waals surface area contributed by atoms with Crippen LogP contribution < -0.4 is 27.4 Å². The molecule has 3 aromatic heterocycles. The third-order valence-electron chi connectivity index (χ3n) is 7.59. The summed E-state index contributed by atoms with van der Waals surface area (Å²) in [7, 11) is 0. The Labute approximate surface area is 303 Å². The van der Waals surface area contributed by atoms with Gasteiger partial charge in [0.15, 0.2) is 23.9 Å². The lowest BCUT2D eigenvalue weighted by Crippen LogP contribution is -2.69. The van der Waals surface area contributed by atoms with E-state index in [-0.39, 0.29) is 42.7 Å². The summed E-state index contributed by atoms with van der Waals surface area (Å²) < 4.78 is 64.9. The number of nitrogens with one attached hydrogen (secondary N) is 6. The Hall–Kier alpha value is -4.82. The predicted octanol–water partition coefficient (Wildman–Crippen LogP) is 1.17. The number of carboxylic acids is 2. The number of hydrogen-bond donors (Lipinski definition) is 12. The zero-order valence-corrected chi connectivity index (χ0v) is 28.9. The molecule has 1 fully saturated rings. The van der Waals surface area contributed by atoms with Crippen LogP contribution in [0.1, 0.15) is 32.6 Å². The molecule has 5 rings (SSSR count). The molecular weight excluding hydrogens is 854 g/mol. The number of aliphatic imine (C=N–C) groups is 1. The van der Waals surface area contributed by atoms with Crippen LogP contribution in [0.4, 0.5) is 32.3 Å². The van der Waals surface area contributed by atoms with Crippen molar-refractivity contribution < 1.29 is 65.9 Å². The van der Waals surface area contributed by atoms with Crippen LogP contribution in [0.2, 0.25) is 0 Å². The standard InChI is InChI=1S/C22H26Br2N10O4.2C2HF3O2/c23-8-1-12(27-3-8)17(35)29-5-10-11(6-30-18(36)13-2-9(24)4-28-13)16(15(10)14-7-31-20(25)32-14)22(38)19(37)33-21(26)34-22;2*3-2(4,5)1(6)7/h1-4,7,10-11,15-16,19,27-28,37-38H,5-6H2,(H,29,35)(H,30,36)(H3,25,31,32)(H3,26,33,34);2*(H,6,7)/t10-,11-,15-,16+,19?,22?;;/m1../s1. The molecule has 4 heterocycles. The number of aliphatic carboxylic acids is 2. The largest absolute Gasteiger partial charge is 0.490 e. The molecule has 0 bridgehead atoms. The number of halogens is 8. The summed E-state index contributed by atoms with van der Waals surface area (Å²) in [5.41, 5.74) is 11.0. The zero-order chi connectivity index (χ0) is 39.3. The highest BCUT2D eigenvalue weighted by Gasteiger charge is 2.64. The highest BCUT2D eigenvalue weighted by Crippen LogP contribution is 2.56. The molecule has 0 radical (unpaired) electrons. The molecule has 2 amide bonds. The van der Waals surface area contributed by atoms with Crippen LogP contribution >= 0.6 is 31.9 Å². The number of rotatable bonds is 8. The molecule has 0 saturated heterocycles. The lowest BCUT2D eigenvalue weighted by atomic mass is 9.51. The second kappa shape index (κ2) is 16.2. The van der Waals surface area contributed by atoms with Gasteiger partial charge < -0.3 is 62.8 Å². The number of anilines is 1. The molecule has 26 heteroatoms. The fraction of sp³-hybridized carbons (Fsp3) is 0.385. The van der Waals surface area contributed by atoms with Crippen molar-refractivity contribution in [2.45, 2.75) is 30.2 Å². The molecule has 52 heavy (non-hydrogen) atoms. The molecule has 0 spiro atoms. The molecule has 2 unspecified atom stereocenters. The van der Waals surface area contributed by atoms with Crippen molar-refractivity contribution in [3.63, 3.8) is 0 Å². The zero-order valence-electron chi connectivity index (χ0n) is 25.7. The number of aliphatic hydroxyl groups is 2. The van der Waals surface area contributed by atoms with Crippen LogP contribution in [-0.2, 0) is 9.59 Å². The Kier molecular flexibility index (Phi) is 13.0. The molecule has 6 atom stereocenters. The Morgan fingerprint density at radius 1 is 0.865 bits per heavy atom. The summed E-state index contributed by atoms with van der Waals surface area (Å²) in [6.07, 6.45) is -6.89. The second-order valence-electron chi connectivity index (χ2n) is 10.9. The molecule has 3 aromatic rings. The molecule has 1 saturated carbocycles. The topological polar surface area (TPSA) is 310 Å². The van der Waals surface area contributed by atoms with E-state index in [4.69, 9.17) is 31.3 Å². The van der Waals surface area contributed by atoms with Gasteiger partial charge in [0.2, 0.25) is 0 Å². The van der Waals surface area contributed by atoms with Crippen LogP contribution in [0.3, 0.4) is 0 Å². The van der Waals surface area contributed by atoms with Crippen molar-refractivity contribution in [1.29, 1.82) is 0 Å². The first kappa shape index (κ1) is 41.6. The molecule has 286 valence electrons. The molecule has 2 aliphatic rings. The molecule has 18 nitrogen and oxygen atoms in total. The quantitative estimate of drug-likeness (QED) is 0.142. The van der Waals surface area contributed by atoms with Gasteiger partial charge in [0, 0.05) is 52.0 Å². The number of guanidine groups is 1. The van der Waals surface area contributed by atoms with E-state index in [0.29, 0.717) is 17.1 Å². The number of nitrogen functional groups attached to an aromatic ring is 1. The second-order valence-corrected chi connectivity index (χ2v) is 12.8. The average molecular weight is 882 g/mol. The van der Waals surface area contributed by atoms with Gasteiger partial charge >= 0.3 is 24.3 Å². The van der Waals surface area contributed by atoms with Crippen molar-refractivity contribution in [1.82, 2.24) is 35.9 Å². The molecule has 1 aliphatic heterocycles. The highest BCUT2D eigenvalue weighted by atomic mass is 79.9. The van der Waals surface area contributed by atoms with Gasteiger partial charge in [-0.3, -0.25) is 9.59 Å². The summed E-state index contributed by atoms with van der Waals surface area (Å²) in [5.74, 6) is -8.06.